The lowest BCUT2D eigenvalue weighted by atomic mass is 10.1. The summed E-state index contributed by atoms with van der Waals surface area (Å²) in [5.74, 6) is -5.00. The molecule has 1 aromatic carbocycles. The zero-order chi connectivity index (χ0) is 25.0. The highest BCUT2D eigenvalue weighted by Crippen LogP contribution is 2.34. The average Bonchev–Trinajstić information content (AvgIpc) is 3.33. The molecular weight excluding hydrogens is 446 g/mol. The summed E-state index contributed by atoms with van der Waals surface area (Å²) in [6.45, 7) is 2.67. The Hall–Kier alpha value is -3.43. The molecule has 8 nitrogen and oxygen atoms in total. The third-order valence-electron chi connectivity index (χ3n) is 6.10. The van der Waals surface area contributed by atoms with Gasteiger partial charge in [0.15, 0.2) is 5.84 Å². The minimum Gasteiger partial charge on any atom is -0.495 e. The number of amides is 1. The van der Waals surface area contributed by atoms with Crippen LogP contribution in [-0.2, 0) is 4.79 Å². The molecule has 2 N–H and O–H groups in total. The van der Waals surface area contributed by atoms with Crippen molar-refractivity contribution in [1.82, 2.24) is 9.80 Å². The Labute approximate surface area is 197 Å². The summed E-state index contributed by atoms with van der Waals surface area (Å²) in [6.07, 6.45) is 6.62. The number of carboxylic acid groups (broad SMARTS) is 1. The van der Waals surface area contributed by atoms with Crippen molar-refractivity contribution < 1.29 is 28.2 Å². The third-order valence-corrected chi connectivity index (χ3v) is 6.10. The summed E-state index contributed by atoms with van der Waals surface area (Å²) in [5, 5.41) is 12.3. The highest BCUT2D eigenvalue weighted by molar-refractivity contribution is 6.05. The van der Waals surface area contributed by atoms with Gasteiger partial charge in [0.05, 0.1) is 30.6 Å². The average molecular weight is 477 g/mol. The van der Waals surface area contributed by atoms with Gasteiger partial charge in [-0.25, -0.2) is 9.79 Å². The number of hydrogen-bond acceptors (Lipinski definition) is 5. The molecule has 1 amide bonds. The monoisotopic (exact) mass is 476 g/mol. The second-order valence-electron chi connectivity index (χ2n) is 8.26. The van der Waals surface area contributed by atoms with E-state index in [-0.39, 0.29) is 23.2 Å². The number of aliphatic imine (C=N–C) groups is 1. The summed E-state index contributed by atoms with van der Waals surface area (Å²) in [6, 6.07) is 4.20. The molecule has 0 radical (unpaired) electrons. The van der Waals surface area contributed by atoms with Crippen molar-refractivity contribution in [2.24, 2.45) is 4.99 Å². The minimum atomic E-state index is -3.55. The van der Waals surface area contributed by atoms with Crippen molar-refractivity contribution in [3.8, 4) is 5.75 Å². The van der Waals surface area contributed by atoms with Gasteiger partial charge < -0.3 is 25.0 Å². The number of rotatable bonds is 6. The fourth-order valence-corrected chi connectivity index (χ4v) is 4.31. The number of nitrogens with one attached hydrogen (secondary N) is 1. The number of alkyl halides is 2. The molecule has 0 aromatic heterocycles. The number of aromatic carboxylic acids is 1. The number of likely N-dealkylation sites (N-methyl/N-ethyl adjacent to an activating group) is 1. The van der Waals surface area contributed by atoms with Crippen LogP contribution in [0.4, 0.5) is 14.5 Å². The van der Waals surface area contributed by atoms with Crippen molar-refractivity contribution in [2.75, 3.05) is 26.0 Å². The number of benzene rings is 1. The van der Waals surface area contributed by atoms with Gasteiger partial charge in [-0.2, -0.15) is 8.78 Å². The van der Waals surface area contributed by atoms with Crippen molar-refractivity contribution >= 4 is 23.4 Å². The number of ether oxygens (including phenoxy) is 1. The second-order valence-corrected chi connectivity index (χ2v) is 8.26. The molecule has 0 bridgehead atoms. The van der Waals surface area contributed by atoms with E-state index in [1.54, 1.807) is 37.0 Å². The summed E-state index contributed by atoms with van der Waals surface area (Å²) in [5.41, 5.74) is 0.816. The molecule has 1 saturated carbocycles. The molecule has 1 aliphatic heterocycles. The summed E-state index contributed by atoms with van der Waals surface area (Å²) < 4.78 is 35.0. The summed E-state index contributed by atoms with van der Waals surface area (Å²) in [7, 11) is 2.75. The number of amidine groups is 1. The zero-order valence-corrected chi connectivity index (χ0v) is 19.8. The molecular formula is C24H30F2N4O4. The SMILES string of the molecule is C\C=C(/N=C1\C(=C/C)N(C)C(=O)C(F)(F)CN1C1CCCC1)Nc1ccc(C(=O)O)cc1OC. The van der Waals surface area contributed by atoms with Crippen LogP contribution >= 0.6 is 0 Å². The molecule has 1 saturated heterocycles. The first kappa shape index (κ1) is 25.2. The predicted molar refractivity (Wildman–Crippen MR) is 125 cm³/mol. The molecule has 2 fully saturated rings. The van der Waals surface area contributed by atoms with Crippen molar-refractivity contribution in [3.63, 3.8) is 0 Å². The number of nitrogens with zero attached hydrogens (tertiary/aromatic N) is 3. The van der Waals surface area contributed by atoms with E-state index in [2.05, 4.69) is 5.32 Å². The maximum absolute atomic E-state index is 14.9. The van der Waals surface area contributed by atoms with Gasteiger partial charge >= 0.3 is 11.9 Å². The third kappa shape index (κ3) is 5.05. The fourth-order valence-electron chi connectivity index (χ4n) is 4.31. The normalized spacial score (nSPS) is 21.8. The van der Waals surface area contributed by atoms with E-state index in [1.807, 2.05) is 0 Å². The molecule has 1 heterocycles. The lowest BCUT2D eigenvalue weighted by Gasteiger charge is -2.32. The largest absolute Gasteiger partial charge is 0.495 e. The van der Waals surface area contributed by atoms with Crippen molar-refractivity contribution in [2.45, 2.75) is 51.5 Å². The van der Waals surface area contributed by atoms with E-state index >= 15 is 0 Å². The number of methoxy groups -OCH3 is 1. The van der Waals surface area contributed by atoms with Crippen LogP contribution in [0.2, 0.25) is 0 Å². The van der Waals surface area contributed by atoms with E-state index in [0.717, 1.165) is 30.6 Å². The Morgan fingerprint density at radius 2 is 1.97 bits per heavy atom. The molecule has 34 heavy (non-hydrogen) atoms. The molecule has 1 aromatic rings. The highest BCUT2D eigenvalue weighted by Gasteiger charge is 2.49. The summed E-state index contributed by atoms with van der Waals surface area (Å²) >= 11 is 0. The van der Waals surface area contributed by atoms with E-state index in [9.17, 15) is 23.5 Å². The van der Waals surface area contributed by atoms with E-state index in [1.165, 1.54) is 26.3 Å². The topological polar surface area (TPSA) is 94.5 Å². The van der Waals surface area contributed by atoms with Crippen LogP contribution in [0.15, 0.2) is 46.9 Å². The molecule has 1 aliphatic carbocycles. The van der Waals surface area contributed by atoms with Gasteiger partial charge in [0.25, 0.3) is 5.91 Å². The number of anilines is 1. The van der Waals surface area contributed by atoms with E-state index in [4.69, 9.17) is 9.73 Å². The van der Waals surface area contributed by atoms with Gasteiger partial charge in [-0.1, -0.05) is 18.9 Å². The first-order valence-corrected chi connectivity index (χ1v) is 11.2. The van der Waals surface area contributed by atoms with E-state index in [0.29, 0.717) is 17.2 Å². The molecule has 2 aliphatic rings. The zero-order valence-electron chi connectivity index (χ0n) is 19.8. The fraction of sp³-hybridized carbons (Fsp3) is 0.458. The molecule has 10 heteroatoms. The number of carbonyl (C=O) groups is 2. The molecule has 0 unspecified atom stereocenters. The smallest absolute Gasteiger partial charge is 0.342 e. The Balaban J connectivity index is 2.06. The number of carboxylic acids is 1. The van der Waals surface area contributed by atoms with Gasteiger partial charge in [0.2, 0.25) is 0 Å². The molecule has 0 spiro atoms. The van der Waals surface area contributed by atoms with Crippen LogP contribution in [0, 0.1) is 0 Å². The van der Waals surface area contributed by atoms with Crippen LogP contribution < -0.4 is 10.1 Å². The molecule has 184 valence electrons. The number of hydrogen-bond donors (Lipinski definition) is 2. The van der Waals surface area contributed by atoms with Gasteiger partial charge in [-0.3, -0.25) is 4.79 Å². The van der Waals surface area contributed by atoms with Gasteiger partial charge in [-0.15, -0.1) is 0 Å². The van der Waals surface area contributed by atoms with Crippen LogP contribution in [0.3, 0.4) is 0 Å². The lowest BCUT2D eigenvalue weighted by molar-refractivity contribution is -0.154. The Kier molecular flexibility index (Phi) is 7.58. The maximum Gasteiger partial charge on any atom is 0.342 e. The van der Waals surface area contributed by atoms with Crippen molar-refractivity contribution in [3.05, 3.63) is 47.4 Å². The first-order valence-electron chi connectivity index (χ1n) is 11.2. The Bertz CT molecular complexity index is 1050. The van der Waals surface area contributed by atoms with Crippen LogP contribution in [0.1, 0.15) is 49.9 Å². The highest BCUT2D eigenvalue weighted by atomic mass is 19.3. The van der Waals surface area contributed by atoms with Gasteiger partial charge in [0.1, 0.15) is 11.6 Å². The minimum absolute atomic E-state index is 0.0606. The van der Waals surface area contributed by atoms with Crippen LogP contribution in [0.25, 0.3) is 0 Å². The number of halogens is 2. The Morgan fingerprint density at radius 3 is 2.53 bits per heavy atom. The standard InChI is InChI=1S/C24H30F2N4O4/c1-5-18-21(30(16-9-7-8-10-16)14-24(25,26)23(33)29(18)3)28-20(6-2)27-17-12-11-15(22(31)32)13-19(17)34-4/h5-6,11-13,16,27H,7-10,14H2,1-4H3,(H,31,32)/b18-5+,20-6-,28-21+. The predicted octanol–water partition coefficient (Wildman–Crippen LogP) is 4.32. The number of carbonyl (C=O) groups excluding carboxylic acids is 1. The lowest BCUT2D eigenvalue weighted by Crippen LogP contribution is -2.47. The second kappa shape index (κ2) is 10.2. The first-order chi connectivity index (χ1) is 16.1. The Morgan fingerprint density at radius 1 is 1.29 bits per heavy atom. The van der Waals surface area contributed by atoms with Gasteiger partial charge in [0, 0.05) is 13.1 Å². The van der Waals surface area contributed by atoms with E-state index < -0.39 is 24.3 Å². The molecule has 3 rings (SSSR count). The van der Waals surface area contributed by atoms with Gasteiger partial charge in [-0.05, 0) is 51.0 Å². The number of allylic oxidation sites excluding steroid dienone is 2. The molecule has 0 atom stereocenters. The van der Waals surface area contributed by atoms with Crippen LogP contribution in [-0.4, -0.2) is 65.3 Å². The quantitative estimate of drug-likeness (QED) is 0.635. The maximum atomic E-state index is 14.9. The summed E-state index contributed by atoms with van der Waals surface area (Å²) in [4.78, 5) is 31.0. The van der Waals surface area contributed by atoms with Crippen molar-refractivity contribution in [1.29, 1.82) is 0 Å². The van der Waals surface area contributed by atoms with Crippen LogP contribution in [0.5, 0.6) is 5.75 Å².